The van der Waals surface area contributed by atoms with E-state index in [1.807, 2.05) is 5.38 Å². The molecule has 0 spiro atoms. The minimum absolute atomic E-state index is 0.268. The van der Waals surface area contributed by atoms with Crippen LogP contribution >= 0.6 is 22.9 Å². The lowest BCUT2D eigenvalue weighted by Crippen LogP contribution is -2.21. The molecule has 5 nitrogen and oxygen atoms in total. The normalized spacial score (nSPS) is 11.1. The van der Waals surface area contributed by atoms with Gasteiger partial charge in [0.25, 0.3) is 5.91 Å². The summed E-state index contributed by atoms with van der Waals surface area (Å²) in [4.78, 5) is 25.6. The van der Waals surface area contributed by atoms with Crippen molar-refractivity contribution in [1.29, 1.82) is 0 Å². The number of amides is 1. The van der Waals surface area contributed by atoms with Crippen LogP contribution in [0.2, 0.25) is 5.02 Å². The van der Waals surface area contributed by atoms with Crippen molar-refractivity contribution in [3.8, 4) is 5.75 Å². The van der Waals surface area contributed by atoms with Gasteiger partial charge in [0, 0.05) is 9.90 Å². The Balaban J connectivity index is 1.71. The highest BCUT2D eigenvalue weighted by Crippen LogP contribution is 2.28. The van der Waals surface area contributed by atoms with Gasteiger partial charge in [-0.2, -0.15) is 0 Å². The van der Waals surface area contributed by atoms with E-state index in [2.05, 4.69) is 5.32 Å². The van der Waals surface area contributed by atoms with Crippen molar-refractivity contribution in [3.05, 3.63) is 81.3 Å². The molecule has 0 saturated carbocycles. The van der Waals surface area contributed by atoms with Crippen LogP contribution in [0.1, 0.15) is 10.4 Å². The molecule has 1 amide bonds. The molecule has 1 N–H and O–H groups in total. The predicted octanol–water partition coefficient (Wildman–Crippen LogP) is 5.27. The predicted molar refractivity (Wildman–Crippen MR) is 116 cm³/mol. The number of hydrogen-bond donors (Lipinski definition) is 1. The lowest BCUT2D eigenvalue weighted by molar-refractivity contribution is -0.141. The molecule has 0 saturated heterocycles. The first kappa shape index (κ1) is 21.5. The van der Waals surface area contributed by atoms with E-state index in [9.17, 15) is 14.0 Å². The molecule has 0 fully saturated rings. The molecule has 3 aromatic rings. The van der Waals surface area contributed by atoms with Crippen LogP contribution < -0.4 is 10.1 Å². The Labute approximate surface area is 181 Å². The largest absolute Gasteiger partial charge is 0.495 e. The van der Waals surface area contributed by atoms with Crippen molar-refractivity contribution >= 4 is 52.2 Å². The minimum atomic E-state index is -0.671. The second kappa shape index (κ2) is 10.0. The molecule has 154 valence electrons. The quantitative estimate of drug-likeness (QED) is 0.397. The molecule has 0 radical (unpaired) electrons. The van der Waals surface area contributed by atoms with Crippen molar-refractivity contribution in [2.24, 2.45) is 0 Å². The molecule has 0 aliphatic rings. The number of nitrogens with one attached hydrogen (secondary N) is 1. The maximum atomic E-state index is 13.2. The van der Waals surface area contributed by atoms with Crippen LogP contribution in [0, 0.1) is 5.82 Å². The van der Waals surface area contributed by atoms with Crippen LogP contribution in [0.4, 0.5) is 10.1 Å². The first-order valence-corrected chi connectivity index (χ1v) is 10.0. The Hall–Kier alpha value is -3.16. The average Bonchev–Trinajstić information content (AvgIpc) is 3.26. The van der Waals surface area contributed by atoms with Crippen LogP contribution in [0.25, 0.3) is 11.6 Å². The summed E-state index contributed by atoms with van der Waals surface area (Å²) in [5.41, 5.74) is 1.26. The topological polar surface area (TPSA) is 64.6 Å². The zero-order chi connectivity index (χ0) is 21.5. The van der Waals surface area contributed by atoms with E-state index in [-0.39, 0.29) is 11.4 Å². The molecule has 2 aromatic carbocycles. The summed E-state index contributed by atoms with van der Waals surface area (Å²) in [6.07, 6.45) is 1.59. The van der Waals surface area contributed by atoms with E-state index in [0.29, 0.717) is 26.9 Å². The Morgan fingerprint density at radius 1 is 1.17 bits per heavy atom. The third kappa shape index (κ3) is 5.68. The zero-order valence-corrected chi connectivity index (χ0v) is 17.4. The number of benzene rings is 2. The fraction of sp³-hybridized carbons (Fsp3) is 0.0909. The molecule has 0 atom stereocenters. The average molecular weight is 446 g/mol. The summed E-state index contributed by atoms with van der Waals surface area (Å²) in [7, 11) is 1.46. The molecule has 30 heavy (non-hydrogen) atoms. The molecule has 0 unspecified atom stereocenters. The molecule has 0 bridgehead atoms. The number of halogens is 2. The number of methoxy groups -OCH3 is 1. The number of anilines is 1. The summed E-state index contributed by atoms with van der Waals surface area (Å²) >= 11 is 7.30. The van der Waals surface area contributed by atoms with Crippen LogP contribution in [0.3, 0.4) is 0 Å². The summed E-state index contributed by atoms with van der Waals surface area (Å²) < 4.78 is 23.5. The molecule has 3 rings (SSSR count). The molecule has 1 heterocycles. The van der Waals surface area contributed by atoms with Gasteiger partial charge in [0.1, 0.15) is 11.6 Å². The van der Waals surface area contributed by atoms with E-state index in [1.54, 1.807) is 42.5 Å². The van der Waals surface area contributed by atoms with E-state index in [4.69, 9.17) is 21.1 Å². The van der Waals surface area contributed by atoms with Crippen molar-refractivity contribution in [2.45, 2.75) is 0 Å². The first-order valence-electron chi connectivity index (χ1n) is 8.78. The summed E-state index contributed by atoms with van der Waals surface area (Å²) in [5, 5.41) is 4.84. The van der Waals surface area contributed by atoms with Gasteiger partial charge in [0.2, 0.25) is 0 Å². The third-order valence-corrected chi connectivity index (χ3v) is 5.10. The lowest BCUT2D eigenvalue weighted by atomic mass is 10.1. The van der Waals surface area contributed by atoms with Gasteiger partial charge < -0.3 is 14.8 Å². The zero-order valence-electron chi connectivity index (χ0n) is 15.9. The van der Waals surface area contributed by atoms with E-state index < -0.39 is 18.5 Å². The Morgan fingerprint density at radius 3 is 2.60 bits per heavy atom. The standard InChI is InChI=1S/C22H17ClFNO4S/c1-28-19-9-6-15(23)12-18(19)25-21(26)13-29-22(27)17(20-3-2-10-30-20)11-14-4-7-16(24)8-5-14/h2-12H,13H2,1H3,(H,25,26)/b17-11-. The van der Waals surface area contributed by atoms with Gasteiger partial charge in [0.05, 0.1) is 18.4 Å². The van der Waals surface area contributed by atoms with Crippen molar-refractivity contribution < 1.29 is 23.5 Å². The molecular formula is C22H17ClFNO4S. The second-order valence-electron chi connectivity index (χ2n) is 6.06. The summed E-state index contributed by atoms with van der Waals surface area (Å²) in [5.74, 6) is -1.17. The van der Waals surface area contributed by atoms with Gasteiger partial charge >= 0.3 is 5.97 Å². The highest BCUT2D eigenvalue weighted by Gasteiger charge is 2.17. The molecule has 1 aromatic heterocycles. The number of hydrogen-bond acceptors (Lipinski definition) is 5. The highest BCUT2D eigenvalue weighted by atomic mass is 35.5. The maximum absolute atomic E-state index is 13.2. The summed E-state index contributed by atoms with van der Waals surface area (Å²) in [6, 6.07) is 14.0. The number of carbonyl (C=O) groups is 2. The van der Waals surface area contributed by atoms with Gasteiger partial charge in [-0.25, -0.2) is 9.18 Å². The van der Waals surface area contributed by atoms with Crippen molar-refractivity contribution in [1.82, 2.24) is 0 Å². The van der Waals surface area contributed by atoms with Crippen LogP contribution in [-0.4, -0.2) is 25.6 Å². The van der Waals surface area contributed by atoms with E-state index >= 15 is 0 Å². The second-order valence-corrected chi connectivity index (χ2v) is 7.44. The molecular weight excluding hydrogens is 429 g/mol. The SMILES string of the molecule is COc1ccc(Cl)cc1NC(=O)COC(=O)/C(=C\c1ccc(F)cc1)c1cccs1. The fourth-order valence-corrected chi connectivity index (χ4v) is 3.46. The summed E-state index contributed by atoms with van der Waals surface area (Å²) in [6.45, 7) is -0.499. The number of thiophene rings is 1. The van der Waals surface area contributed by atoms with Gasteiger partial charge in [-0.3, -0.25) is 4.79 Å². The fourth-order valence-electron chi connectivity index (χ4n) is 2.56. The van der Waals surface area contributed by atoms with Crippen LogP contribution in [-0.2, 0) is 14.3 Å². The third-order valence-electron chi connectivity index (χ3n) is 3.96. The maximum Gasteiger partial charge on any atom is 0.340 e. The number of ether oxygens (including phenoxy) is 2. The van der Waals surface area contributed by atoms with Crippen LogP contribution in [0.15, 0.2) is 60.0 Å². The smallest absolute Gasteiger partial charge is 0.340 e. The van der Waals surface area contributed by atoms with Gasteiger partial charge in [0.15, 0.2) is 6.61 Å². The molecule has 0 aliphatic heterocycles. The lowest BCUT2D eigenvalue weighted by Gasteiger charge is -2.11. The number of carbonyl (C=O) groups excluding carboxylic acids is 2. The monoisotopic (exact) mass is 445 g/mol. The van der Waals surface area contributed by atoms with Crippen molar-refractivity contribution in [3.63, 3.8) is 0 Å². The van der Waals surface area contributed by atoms with Crippen LogP contribution in [0.5, 0.6) is 5.75 Å². The molecule has 0 aliphatic carbocycles. The van der Waals surface area contributed by atoms with E-state index in [0.717, 1.165) is 0 Å². The Morgan fingerprint density at radius 2 is 1.93 bits per heavy atom. The Kier molecular flexibility index (Phi) is 7.21. The van der Waals surface area contributed by atoms with Crippen molar-refractivity contribution in [2.75, 3.05) is 19.0 Å². The first-order chi connectivity index (χ1) is 14.5. The molecule has 8 heteroatoms. The highest BCUT2D eigenvalue weighted by molar-refractivity contribution is 7.11. The van der Waals surface area contributed by atoms with Gasteiger partial charge in [-0.15, -0.1) is 11.3 Å². The number of rotatable bonds is 7. The van der Waals surface area contributed by atoms with E-state index in [1.165, 1.54) is 36.6 Å². The van der Waals surface area contributed by atoms with Gasteiger partial charge in [-0.1, -0.05) is 29.8 Å². The number of esters is 1. The van der Waals surface area contributed by atoms with Gasteiger partial charge in [-0.05, 0) is 53.4 Å². The Bertz CT molecular complexity index is 1070. The minimum Gasteiger partial charge on any atom is -0.495 e.